The second-order valence-corrected chi connectivity index (χ2v) is 8.95. The molecule has 1 aliphatic heterocycles. The zero-order valence-corrected chi connectivity index (χ0v) is 16.4. The molecule has 0 aliphatic carbocycles. The summed E-state index contributed by atoms with van der Waals surface area (Å²) >= 11 is 0. The van der Waals surface area contributed by atoms with E-state index in [1.165, 1.54) is 8.61 Å². The quantitative estimate of drug-likeness (QED) is 0.764. The van der Waals surface area contributed by atoms with Gasteiger partial charge in [-0.15, -0.1) is 0 Å². The van der Waals surface area contributed by atoms with E-state index in [4.69, 9.17) is 4.98 Å². The van der Waals surface area contributed by atoms with Gasteiger partial charge in [0, 0.05) is 57.6 Å². The average molecular weight is 379 g/mol. The summed E-state index contributed by atoms with van der Waals surface area (Å²) in [4.78, 5) is 9.09. The molecular weight excluding hydrogens is 352 g/mol. The smallest absolute Gasteiger partial charge is 0.272 e. The van der Waals surface area contributed by atoms with Gasteiger partial charge in [-0.25, -0.2) is 4.98 Å². The van der Waals surface area contributed by atoms with E-state index in [-0.39, 0.29) is 5.92 Å². The van der Waals surface area contributed by atoms with Crippen molar-refractivity contribution in [1.29, 1.82) is 0 Å². The largest absolute Gasteiger partial charge is 0.281 e. The second-order valence-electron chi connectivity index (χ2n) is 6.81. The first kappa shape index (κ1) is 18.9. The lowest BCUT2D eigenvalue weighted by atomic mass is 9.96. The molecule has 0 spiro atoms. The molecule has 1 aliphatic rings. The molecule has 0 amide bonds. The number of rotatable bonds is 6. The molecule has 142 valence electrons. The molecule has 0 saturated carbocycles. The standard InChI is InChI=1S/C17H26N6O2S/c1-4-7-22-12-15(9-19-22)17-11-18-10-16(20-17)14-6-5-8-23(13-14)26(24,25)21(2)3/h9-12,14H,4-8,13H2,1-3H3. The van der Waals surface area contributed by atoms with Gasteiger partial charge < -0.3 is 0 Å². The van der Waals surface area contributed by atoms with Crippen LogP contribution in [-0.2, 0) is 16.8 Å². The van der Waals surface area contributed by atoms with Crippen LogP contribution in [0.2, 0.25) is 0 Å². The first-order valence-electron chi connectivity index (χ1n) is 8.94. The Balaban J connectivity index is 1.81. The van der Waals surface area contributed by atoms with Gasteiger partial charge in [-0.3, -0.25) is 9.67 Å². The lowest BCUT2D eigenvalue weighted by molar-refractivity contribution is 0.296. The van der Waals surface area contributed by atoms with Crippen LogP contribution < -0.4 is 0 Å². The van der Waals surface area contributed by atoms with Crippen molar-refractivity contribution in [2.45, 2.75) is 38.6 Å². The topological polar surface area (TPSA) is 84.2 Å². The zero-order chi connectivity index (χ0) is 18.7. The summed E-state index contributed by atoms with van der Waals surface area (Å²) in [5, 5.41) is 4.34. The molecule has 1 atom stereocenters. The van der Waals surface area contributed by atoms with Crippen LogP contribution in [0.5, 0.6) is 0 Å². The predicted molar refractivity (Wildman–Crippen MR) is 99.7 cm³/mol. The van der Waals surface area contributed by atoms with Gasteiger partial charge in [0.25, 0.3) is 10.2 Å². The molecular formula is C17H26N6O2S. The van der Waals surface area contributed by atoms with Crippen LogP contribution >= 0.6 is 0 Å². The first-order valence-corrected chi connectivity index (χ1v) is 10.3. The number of hydrogen-bond donors (Lipinski definition) is 0. The van der Waals surface area contributed by atoms with Gasteiger partial charge in [0.1, 0.15) is 0 Å². The van der Waals surface area contributed by atoms with Crippen molar-refractivity contribution in [3.05, 3.63) is 30.5 Å². The van der Waals surface area contributed by atoms with E-state index in [0.717, 1.165) is 42.8 Å². The summed E-state index contributed by atoms with van der Waals surface area (Å²) in [6.45, 7) is 3.97. The highest BCUT2D eigenvalue weighted by Crippen LogP contribution is 2.28. The van der Waals surface area contributed by atoms with E-state index in [1.807, 2.05) is 10.9 Å². The molecule has 3 heterocycles. The third-order valence-electron chi connectivity index (χ3n) is 4.63. The van der Waals surface area contributed by atoms with Crippen molar-refractivity contribution < 1.29 is 8.42 Å². The van der Waals surface area contributed by atoms with Crippen molar-refractivity contribution in [2.24, 2.45) is 0 Å². The van der Waals surface area contributed by atoms with E-state index < -0.39 is 10.2 Å². The van der Waals surface area contributed by atoms with Gasteiger partial charge in [0.15, 0.2) is 0 Å². The van der Waals surface area contributed by atoms with Crippen molar-refractivity contribution >= 4 is 10.2 Å². The molecule has 26 heavy (non-hydrogen) atoms. The lowest BCUT2D eigenvalue weighted by Gasteiger charge is -2.33. The van der Waals surface area contributed by atoms with Gasteiger partial charge in [-0.1, -0.05) is 6.92 Å². The third kappa shape index (κ3) is 3.94. The maximum Gasteiger partial charge on any atom is 0.281 e. The Hall–Kier alpha value is -1.84. The first-order chi connectivity index (χ1) is 12.4. The van der Waals surface area contributed by atoms with E-state index in [0.29, 0.717) is 13.1 Å². The number of nitrogens with zero attached hydrogens (tertiary/aromatic N) is 6. The third-order valence-corrected chi connectivity index (χ3v) is 6.53. The normalized spacial score (nSPS) is 19.2. The summed E-state index contributed by atoms with van der Waals surface area (Å²) in [7, 11) is -0.275. The Morgan fingerprint density at radius 2 is 2.08 bits per heavy atom. The molecule has 0 aromatic carbocycles. The monoisotopic (exact) mass is 378 g/mol. The van der Waals surface area contributed by atoms with Crippen LogP contribution in [0.4, 0.5) is 0 Å². The van der Waals surface area contributed by atoms with Gasteiger partial charge in [0.2, 0.25) is 0 Å². The lowest BCUT2D eigenvalue weighted by Crippen LogP contribution is -2.45. The number of aromatic nitrogens is 4. The molecule has 1 saturated heterocycles. The minimum absolute atomic E-state index is 0.0524. The highest BCUT2D eigenvalue weighted by Gasteiger charge is 2.31. The van der Waals surface area contributed by atoms with Crippen LogP contribution in [0.15, 0.2) is 24.8 Å². The fourth-order valence-corrected chi connectivity index (χ4v) is 4.38. The molecule has 0 N–H and O–H groups in total. The molecule has 2 aromatic heterocycles. The SMILES string of the molecule is CCCn1cc(-c2cncc(C3CCCN(S(=O)(=O)N(C)C)C3)n2)cn1. The minimum atomic E-state index is -3.40. The molecule has 9 heteroatoms. The maximum absolute atomic E-state index is 12.4. The number of piperidine rings is 1. The van der Waals surface area contributed by atoms with E-state index in [2.05, 4.69) is 17.0 Å². The average Bonchev–Trinajstić information content (AvgIpc) is 3.11. The van der Waals surface area contributed by atoms with Crippen molar-refractivity contribution in [3.63, 3.8) is 0 Å². The van der Waals surface area contributed by atoms with Gasteiger partial charge in [0.05, 0.1) is 23.8 Å². The summed E-state index contributed by atoms with van der Waals surface area (Å²) in [5.74, 6) is 0.0524. The van der Waals surface area contributed by atoms with Crippen LogP contribution in [-0.4, -0.2) is 64.0 Å². The Kier molecular flexibility index (Phi) is 5.69. The van der Waals surface area contributed by atoms with Gasteiger partial charge in [-0.2, -0.15) is 22.1 Å². The van der Waals surface area contributed by atoms with E-state index in [1.54, 1.807) is 32.7 Å². The Labute approximate surface area is 155 Å². The Bertz CT molecular complexity index is 848. The summed E-state index contributed by atoms with van der Waals surface area (Å²) in [6, 6.07) is 0. The number of aryl methyl sites for hydroxylation is 1. The van der Waals surface area contributed by atoms with E-state index >= 15 is 0 Å². The maximum atomic E-state index is 12.4. The van der Waals surface area contributed by atoms with Crippen molar-refractivity contribution in [1.82, 2.24) is 28.4 Å². The van der Waals surface area contributed by atoms with Crippen LogP contribution in [0.25, 0.3) is 11.3 Å². The summed E-state index contributed by atoms with van der Waals surface area (Å²) in [6.07, 6.45) is 9.99. The summed E-state index contributed by atoms with van der Waals surface area (Å²) in [5.41, 5.74) is 2.54. The van der Waals surface area contributed by atoms with Gasteiger partial charge in [-0.05, 0) is 19.3 Å². The van der Waals surface area contributed by atoms with E-state index in [9.17, 15) is 8.42 Å². The van der Waals surface area contributed by atoms with Gasteiger partial charge >= 0.3 is 0 Å². The molecule has 1 fully saturated rings. The summed E-state index contributed by atoms with van der Waals surface area (Å²) < 4.78 is 29.5. The molecule has 3 rings (SSSR count). The van der Waals surface area contributed by atoms with Crippen LogP contribution in [0.1, 0.15) is 37.8 Å². The highest BCUT2D eigenvalue weighted by atomic mass is 32.2. The zero-order valence-electron chi connectivity index (χ0n) is 15.5. The fraction of sp³-hybridized carbons (Fsp3) is 0.588. The highest BCUT2D eigenvalue weighted by molar-refractivity contribution is 7.86. The molecule has 2 aromatic rings. The Morgan fingerprint density at radius 1 is 1.27 bits per heavy atom. The predicted octanol–water partition coefficient (Wildman–Crippen LogP) is 1.74. The minimum Gasteiger partial charge on any atom is -0.272 e. The number of hydrogen-bond acceptors (Lipinski definition) is 5. The molecule has 1 unspecified atom stereocenters. The molecule has 0 bridgehead atoms. The molecule has 8 nitrogen and oxygen atoms in total. The molecule has 0 radical (unpaired) electrons. The van der Waals surface area contributed by atoms with Crippen molar-refractivity contribution in [2.75, 3.05) is 27.2 Å². The second kappa shape index (κ2) is 7.81. The van der Waals surface area contributed by atoms with Crippen molar-refractivity contribution in [3.8, 4) is 11.3 Å². The Morgan fingerprint density at radius 3 is 2.81 bits per heavy atom. The van der Waals surface area contributed by atoms with Crippen LogP contribution in [0, 0.1) is 0 Å². The van der Waals surface area contributed by atoms with Crippen LogP contribution in [0.3, 0.4) is 0 Å². The fourth-order valence-electron chi connectivity index (χ4n) is 3.19.